The Morgan fingerprint density at radius 3 is 2.86 bits per heavy atom. The van der Waals surface area contributed by atoms with Gasteiger partial charge in [-0.3, -0.25) is 9.78 Å². The molecule has 4 nitrogen and oxygen atoms in total. The summed E-state index contributed by atoms with van der Waals surface area (Å²) in [6.45, 7) is 0. The van der Waals surface area contributed by atoms with E-state index >= 15 is 0 Å². The minimum atomic E-state index is -0.402. The van der Waals surface area contributed by atoms with Crippen LogP contribution in [0.2, 0.25) is 5.02 Å². The molecular formula is C16H11ClN2O2. The van der Waals surface area contributed by atoms with E-state index in [0.29, 0.717) is 10.7 Å². The monoisotopic (exact) mass is 298 g/mol. The summed E-state index contributed by atoms with van der Waals surface area (Å²) in [6, 6.07) is 11.8. The number of phenols is 1. The number of aromatic hydroxyl groups is 1. The maximum atomic E-state index is 12.3. The highest BCUT2D eigenvalue weighted by molar-refractivity contribution is 6.31. The van der Waals surface area contributed by atoms with Crippen molar-refractivity contribution in [3.05, 3.63) is 65.4 Å². The normalized spacial score (nSPS) is 10.5. The summed E-state index contributed by atoms with van der Waals surface area (Å²) in [6.07, 6.45) is 3.38. The molecule has 1 amide bonds. The SMILES string of the molecule is O=C(Nc1cccc2ccncc12)c1ccc(Cl)cc1O. The maximum absolute atomic E-state index is 12.3. The zero-order chi connectivity index (χ0) is 14.8. The van der Waals surface area contributed by atoms with Crippen LogP contribution in [0, 0.1) is 0 Å². The third-order valence-electron chi connectivity index (χ3n) is 3.14. The Morgan fingerprint density at radius 1 is 1.19 bits per heavy atom. The van der Waals surface area contributed by atoms with Gasteiger partial charge in [0, 0.05) is 22.8 Å². The fraction of sp³-hybridized carbons (Fsp3) is 0. The summed E-state index contributed by atoms with van der Waals surface area (Å²) >= 11 is 5.76. The van der Waals surface area contributed by atoms with Crippen molar-refractivity contribution in [3.8, 4) is 5.75 Å². The number of nitrogens with zero attached hydrogens (tertiary/aromatic N) is 1. The average Bonchev–Trinajstić information content (AvgIpc) is 2.47. The van der Waals surface area contributed by atoms with E-state index in [0.717, 1.165) is 10.8 Å². The van der Waals surface area contributed by atoms with E-state index in [1.165, 1.54) is 12.1 Å². The number of fused-ring (bicyclic) bond motifs is 1. The molecule has 0 saturated heterocycles. The summed E-state index contributed by atoms with van der Waals surface area (Å²) < 4.78 is 0. The molecule has 3 rings (SSSR count). The van der Waals surface area contributed by atoms with E-state index in [1.54, 1.807) is 24.5 Å². The number of hydrogen-bond donors (Lipinski definition) is 2. The lowest BCUT2D eigenvalue weighted by atomic mass is 10.1. The van der Waals surface area contributed by atoms with Gasteiger partial charge < -0.3 is 10.4 Å². The number of carbonyl (C=O) groups excluding carboxylic acids is 1. The Kier molecular flexibility index (Phi) is 3.46. The molecule has 0 bridgehead atoms. The van der Waals surface area contributed by atoms with Gasteiger partial charge in [-0.25, -0.2) is 0 Å². The molecule has 1 aromatic heterocycles. The van der Waals surface area contributed by atoms with Gasteiger partial charge in [0.2, 0.25) is 0 Å². The zero-order valence-electron chi connectivity index (χ0n) is 10.9. The van der Waals surface area contributed by atoms with Crippen molar-refractivity contribution in [1.29, 1.82) is 0 Å². The van der Waals surface area contributed by atoms with Crippen molar-refractivity contribution in [2.45, 2.75) is 0 Å². The van der Waals surface area contributed by atoms with E-state index in [2.05, 4.69) is 10.3 Å². The quantitative estimate of drug-likeness (QED) is 0.755. The van der Waals surface area contributed by atoms with Gasteiger partial charge in [0.05, 0.1) is 11.3 Å². The molecule has 0 fully saturated rings. The fourth-order valence-corrected chi connectivity index (χ4v) is 2.28. The molecular weight excluding hydrogens is 288 g/mol. The first kappa shape index (κ1) is 13.4. The van der Waals surface area contributed by atoms with Crippen LogP contribution >= 0.6 is 11.6 Å². The summed E-state index contributed by atoms with van der Waals surface area (Å²) in [5, 5.41) is 14.8. The molecule has 3 aromatic rings. The van der Waals surface area contributed by atoms with Crippen LogP contribution in [0.5, 0.6) is 5.75 Å². The van der Waals surface area contributed by atoms with Crippen molar-refractivity contribution < 1.29 is 9.90 Å². The smallest absolute Gasteiger partial charge is 0.259 e. The van der Waals surface area contributed by atoms with Gasteiger partial charge in [-0.2, -0.15) is 0 Å². The summed E-state index contributed by atoms with van der Waals surface area (Å²) in [7, 11) is 0. The second kappa shape index (κ2) is 5.42. The molecule has 0 saturated carbocycles. The number of rotatable bonds is 2. The molecule has 0 atom stereocenters. The van der Waals surface area contributed by atoms with Crippen LogP contribution in [0.15, 0.2) is 54.9 Å². The van der Waals surface area contributed by atoms with Crippen LogP contribution in [-0.4, -0.2) is 16.0 Å². The van der Waals surface area contributed by atoms with Gasteiger partial charge >= 0.3 is 0 Å². The summed E-state index contributed by atoms with van der Waals surface area (Å²) in [5.74, 6) is -0.557. The number of anilines is 1. The van der Waals surface area contributed by atoms with Gasteiger partial charge in [0.1, 0.15) is 5.75 Å². The lowest BCUT2D eigenvalue weighted by molar-refractivity contribution is 0.102. The Morgan fingerprint density at radius 2 is 2.05 bits per heavy atom. The standard InChI is InChI=1S/C16H11ClN2O2/c17-11-4-5-12(15(20)8-11)16(21)19-14-3-1-2-10-6-7-18-9-13(10)14/h1-9,20H,(H,19,21). The fourth-order valence-electron chi connectivity index (χ4n) is 2.11. The van der Waals surface area contributed by atoms with E-state index in [-0.39, 0.29) is 11.3 Å². The Hall–Kier alpha value is -2.59. The van der Waals surface area contributed by atoms with Gasteiger partial charge in [-0.15, -0.1) is 0 Å². The van der Waals surface area contributed by atoms with Crippen molar-refractivity contribution in [1.82, 2.24) is 4.98 Å². The van der Waals surface area contributed by atoms with Gasteiger partial charge in [-0.1, -0.05) is 23.7 Å². The Labute approximate surface area is 126 Å². The largest absolute Gasteiger partial charge is 0.507 e. The van der Waals surface area contributed by atoms with Crippen molar-refractivity contribution >= 4 is 34.0 Å². The molecule has 0 aliphatic carbocycles. The maximum Gasteiger partial charge on any atom is 0.259 e. The molecule has 2 N–H and O–H groups in total. The topological polar surface area (TPSA) is 62.2 Å². The summed E-state index contributed by atoms with van der Waals surface area (Å²) in [5.41, 5.74) is 0.806. The van der Waals surface area contributed by atoms with E-state index in [1.807, 2.05) is 18.2 Å². The van der Waals surface area contributed by atoms with Crippen LogP contribution in [0.25, 0.3) is 10.8 Å². The predicted octanol–water partition coefficient (Wildman–Crippen LogP) is 3.85. The van der Waals surface area contributed by atoms with Crippen LogP contribution in [0.1, 0.15) is 10.4 Å². The number of carbonyl (C=O) groups is 1. The second-order valence-electron chi connectivity index (χ2n) is 4.52. The molecule has 21 heavy (non-hydrogen) atoms. The van der Waals surface area contributed by atoms with E-state index in [4.69, 9.17) is 11.6 Å². The Balaban J connectivity index is 1.97. The van der Waals surface area contributed by atoms with E-state index < -0.39 is 5.91 Å². The number of nitrogens with one attached hydrogen (secondary N) is 1. The summed E-state index contributed by atoms with van der Waals surface area (Å²) in [4.78, 5) is 16.3. The van der Waals surface area contributed by atoms with Crippen LogP contribution in [-0.2, 0) is 0 Å². The van der Waals surface area contributed by atoms with Crippen molar-refractivity contribution in [3.63, 3.8) is 0 Å². The van der Waals surface area contributed by atoms with Crippen LogP contribution < -0.4 is 5.32 Å². The van der Waals surface area contributed by atoms with Crippen molar-refractivity contribution in [2.75, 3.05) is 5.32 Å². The minimum absolute atomic E-state index is 0.154. The number of halogens is 1. The number of hydrogen-bond acceptors (Lipinski definition) is 3. The predicted molar refractivity (Wildman–Crippen MR) is 82.8 cm³/mol. The van der Waals surface area contributed by atoms with Crippen LogP contribution in [0.4, 0.5) is 5.69 Å². The molecule has 104 valence electrons. The average molecular weight is 299 g/mol. The van der Waals surface area contributed by atoms with Gasteiger partial charge in [-0.05, 0) is 35.7 Å². The molecule has 5 heteroatoms. The zero-order valence-corrected chi connectivity index (χ0v) is 11.6. The molecule has 0 spiro atoms. The first-order valence-electron chi connectivity index (χ1n) is 6.28. The molecule has 0 aliphatic rings. The first-order chi connectivity index (χ1) is 10.1. The third kappa shape index (κ3) is 2.66. The minimum Gasteiger partial charge on any atom is -0.507 e. The Bertz CT molecular complexity index is 828. The highest BCUT2D eigenvalue weighted by Gasteiger charge is 2.12. The third-order valence-corrected chi connectivity index (χ3v) is 3.37. The first-order valence-corrected chi connectivity index (χ1v) is 6.65. The van der Waals surface area contributed by atoms with Gasteiger partial charge in [0.25, 0.3) is 5.91 Å². The number of pyridine rings is 1. The van der Waals surface area contributed by atoms with Gasteiger partial charge in [0.15, 0.2) is 0 Å². The lowest BCUT2D eigenvalue weighted by Crippen LogP contribution is -2.12. The molecule has 1 heterocycles. The highest BCUT2D eigenvalue weighted by Crippen LogP contribution is 2.25. The lowest BCUT2D eigenvalue weighted by Gasteiger charge is -2.09. The second-order valence-corrected chi connectivity index (χ2v) is 4.95. The molecule has 0 radical (unpaired) electrons. The highest BCUT2D eigenvalue weighted by atomic mass is 35.5. The molecule has 0 aliphatic heterocycles. The number of phenolic OH excluding ortho intramolecular Hbond substituents is 1. The molecule has 2 aromatic carbocycles. The number of benzene rings is 2. The van der Waals surface area contributed by atoms with Crippen LogP contribution in [0.3, 0.4) is 0 Å². The van der Waals surface area contributed by atoms with Crippen molar-refractivity contribution in [2.24, 2.45) is 0 Å². The number of amides is 1. The number of aromatic nitrogens is 1. The molecule has 0 unspecified atom stereocenters. The van der Waals surface area contributed by atoms with E-state index in [9.17, 15) is 9.90 Å².